The van der Waals surface area contributed by atoms with E-state index in [0.29, 0.717) is 25.3 Å². The molecule has 4 heteroatoms. The van der Waals surface area contributed by atoms with Gasteiger partial charge in [-0.1, -0.05) is 43.7 Å². The topological polar surface area (TPSA) is 47.6 Å². The number of amides is 1. The van der Waals surface area contributed by atoms with Gasteiger partial charge in [0.15, 0.2) is 0 Å². The Morgan fingerprint density at radius 1 is 1.08 bits per heavy atom. The monoisotopic (exact) mass is 327 g/mol. The van der Waals surface area contributed by atoms with Crippen molar-refractivity contribution in [1.82, 2.24) is 5.32 Å². The molecule has 0 spiro atoms. The third-order valence-corrected chi connectivity index (χ3v) is 3.73. The summed E-state index contributed by atoms with van der Waals surface area (Å²) < 4.78 is 11.1. The molecule has 24 heavy (non-hydrogen) atoms. The van der Waals surface area contributed by atoms with Gasteiger partial charge < -0.3 is 14.8 Å². The highest BCUT2D eigenvalue weighted by Crippen LogP contribution is 2.21. The van der Waals surface area contributed by atoms with Gasteiger partial charge in [-0.3, -0.25) is 4.79 Å². The zero-order valence-electron chi connectivity index (χ0n) is 14.4. The maximum atomic E-state index is 12.2. The van der Waals surface area contributed by atoms with E-state index in [1.807, 2.05) is 42.5 Å². The average Bonchev–Trinajstić information content (AvgIpc) is 2.62. The van der Waals surface area contributed by atoms with Crippen molar-refractivity contribution in [3.63, 3.8) is 0 Å². The van der Waals surface area contributed by atoms with Crippen LogP contribution >= 0.6 is 0 Å². The van der Waals surface area contributed by atoms with Gasteiger partial charge in [0, 0.05) is 17.7 Å². The molecule has 0 aromatic heterocycles. The lowest BCUT2D eigenvalue weighted by atomic mass is 10.1. The van der Waals surface area contributed by atoms with Crippen LogP contribution in [0.2, 0.25) is 0 Å². The normalized spacial score (nSPS) is 10.4. The highest BCUT2D eigenvalue weighted by atomic mass is 16.5. The summed E-state index contributed by atoms with van der Waals surface area (Å²) in [6.07, 6.45) is 2.04. The van der Waals surface area contributed by atoms with E-state index in [4.69, 9.17) is 9.47 Å². The Morgan fingerprint density at radius 2 is 1.88 bits per heavy atom. The zero-order valence-corrected chi connectivity index (χ0v) is 14.4. The molecule has 1 amide bonds. The second-order valence-electron chi connectivity index (χ2n) is 5.61. The van der Waals surface area contributed by atoms with Crippen LogP contribution in [0.15, 0.2) is 48.5 Å². The highest BCUT2D eigenvalue weighted by molar-refractivity contribution is 5.94. The van der Waals surface area contributed by atoms with Crippen molar-refractivity contribution < 1.29 is 14.3 Å². The number of benzene rings is 2. The molecule has 0 radical (unpaired) electrons. The molecule has 0 fully saturated rings. The summed E-state index contributed by atoms with van der Waals surface area (Å²) >= 11 is 0. The van der Waals surface area contributed by atoms with Gasteiger partial charge in [-0.2, -0.15) is 0 Å². The fraction of sp³-hybridized carbons (Fsp3) is 0.350. The van der Waals surface area contributed by atoms with Crippen molar-refractivity contribution in [3.8, 4) is 5.75 Å². The summed E-state index contributed by atoms with van der Waals surface area (Å²) in [5.74, 6) is 0.670. The molecule has 128 valence electrons. The first-order valence-corrected chi connectivity index (χ1v) is 8.31. The molecule has 0 saturated carbocycles. The Hall–Kier alpha value is -2.33. The first-order chi connectivity index (χ1) is 11.7. The smallest absolute Gasteiger partial charge is 0.251 e. The number of ether oxygens (including phenoxy) is 2. The Morgan fingerprint density at radius 3 is 2.58 bits per heavy atom. The largest absolute Gasteiger partial charge is 0.496 e. The van der Waals surface area contributed by atoms with Crippen LogP contribution in [0, 0.1) is 0 Å². The van der Waals surface area contributed by atoms with Crippen molar-refractivity contribution in [2.45, 2.75) is 33.0 Å². The van der Waals surface area contributed by atoms with Crippen LogP contribution in [0.3, 0.4) is 0 Å². The molecule has 0 aliphatic rings. The van der Waals surface area contributed by atoms with Crippen LogP contribution in [0.25, 0.3) is 0 Å². The molecule has 0 unspecified atom stereocenters. The van der Waals surface area contributed by atoms with Crippen molar-refractivity contribution in [2.24, 2.45) is 0 Å². The maximum Gasteiger partial charge on any atom is 0.251 e. The number of nitrogens with one attached hydrogen (secondary N) is 1. The summed E-state index contributed by atoms with van der Waals surface area (Å²) in [5, 5.41) is 2.93. The molecule has 2 aromatic carbocycles. The van der Waals surface area contributed by atoms with Gasteiger partial charge in [-0.05, 0) is 30.2 Å². The van der Waals surface area contributed by atoms with Gasteiger partial charge >= 0.3 is 0 Å². The molecular formula is C20H25NO3. The summed E-state index contributed by atoms with van der Waals surface area (Å²) in [4.78, 5) is 12.2. The van der Waals surface area contributed by atoms with Crippen molar-refractivity contribution >= 4 is 5.91 Å². The molecule has 0 atom stereocenters. The van der Waals surface area contributed by atoms with E-state index in [-0.39, 0.29) is 5.91 Å². The lowest BCUT2D eigenvalue weighted by molar-refractivity contribution is 0.0950. The summed E-state index contributed by atoms with van der Waals surface area (Å²) in [5.41, 5.74) is 2.62. The quantitative estimate of drug-likeness (QED) is 0.710. The Bertz CT molecular complexity index is 641. The Labute approximate surface area is 143 Å². The predicted molar refractivity (Wildman–Crippen MR) is 95.2 cm³/mol. The van der Waals surface area contributed by atoms with Crippen LogP contribution in [0.5, 0.6) is 5.75 Å². The lowest BCUT2D eigenvalue weighted by Crippen LogP contribution is -2.24. The second-order valence-corrected chi connectivity index (χ2v) is 5.61. The zero-order chi connectivity index (χ0) is 17.2. The first-order valence-electron chi connectivity index (χ1n) is 8.31. The molecular weight excluding hydrogens is 302 g/mol. The molecule has 2 rings (SSSR count). The predicted octanol–water partition coefficient (Wildman–Crippen LogP) is 3.94. The highest BCUT2D eigenvalue weighted by Gasteiger charge is 2.10. The minimum atomic E-state index is -0.0598. The van der Waals surface area contributed by atoms with Crippen LogP contribution in [0.1, 0.15) is 41.3 Å². The molecule has 0 bridgehead atoms. The minimum Gasteiger partial charge on any atom is -0.496 e. The maximum absolute atomic E-state index is 12.2. The van der Waals surface area contributed by atoms with Crippen LogP contribution < -0.4 is 10.1 Å². The van der Waals surface area contributed by atoms with E-state index in [1.165, 1.54) is 0 Å². The van der Waals surface area contributed by atoms with E-state index in [1.54, 1.807) is 13.2 Å². The fourth-order valence-corrected chi connectivity index (χ4v) is 2.37. The summed E-state index contributed by atoms with van der Waals surface area (Å²) in [6.45, 7) is 3.72. The van der Waals surface area contributed by atoms with Crippen molar-refractivity contribution in [1.29, 1.82) is 0 Å². The number of hydrogen-bond donors (Lipinski definition) is 1. The minimum absolute atomic E-state index is 0.0598. The fourth-order valence-electron chi connectivity index (χ4n) is 2.37. The van der Waals surface area contributed by atoms with Gasteiger partial charge in [-0.15, -0.1) is 0 Å². The van der Waals surface area contributed by atoms with E-state index < -0.39 is 0 Å². The van der Waals surface area contributed by atoms with Gasteiger partial charge in [0.05, 0.1) is 20.3 Å². The first kappa shape index (κ1) is 18.0. The van der Waals surface area contributed by atoms with E-state index in [9.17, 15) is 4.79 Å². The van der Waals surface area contributed by atoms with E-state index in [0.717, 1.165) is 29.7 Å². The van der Waals surface area contributed by atoms with E-state index >= 15 is 0 Å². The SMILES string of the molecule is CCCCNC(=O)c1ccc(OC)c(COCc2ccccc2)c1. The van der Waals surface area contributed by atoms with E-state index in [2.05, 4.69) is 12.2 Å². The van der Waals surface area contributed by atoms with Gasteiger partial charge in [0.25, 0.3) is 5.91 Å². The molecule has 4 nitrogen and oxygen atoms in total. The Kier molecular flexibility index (Phi) is 7.30. The number of carbonyl (C=O) groups excluding carboxylic acids is 1. The van der Waals surface area contributed by atoms with Gasteiger partial charge in [0.1, 0.15) is 5.75 Å². The molecule has 0 saturated heterocycles. The lowest BCUT2D eigenvalue weighted by Gasteiger charge is -2.12. The molecule has 2 aromatic rings. The third-order valence-electron chi connectivity index (χ3n) is 3.73. The molecule has 0 heterocycles. The van der Waals surface area contributed by atoms with Crippen molar-refractivity contribution in [2.75, 3.05) is 13.7 Å². The molecule has 0 aliphatic heterocycles. The number of rotatable bonds is 9. The van der Waals surface area contributed by atoms with Gasteiger partial charge in [0.2, 0.25) is 0 Å². The third kappa shape index (κ3) is 5.39. The number of carbonyl (C=O) groups is 1. The van der Waals surface area contributed by atoms with Crippen molar-refractivity contribution in [3.05, 3.63) is 65.2 Å². The molecule has 0 aliphatic carbocycles. The van der Waals surface area contributed by atoms with Gasteiger partial charge in [-0.25, -0.2) is 0 Å². The van der Waals surface area contributed by atoms with Crippen LogP contribution in [-0.2, 0) is 18.0 Å². The number of hydrogen-bond acceptors (Lipinski definition) is 3. The van der Waals surface area contributed by atoms with Crippen LogP contribution in [0.4, 0.5) is 0 Å². The molecule has 1 N–H and O–H groups in total. The number of methoxy groups -OCH3 is 1. The Balaban J connectivity index is 1.98. The van der Waals surface area contributed by atoms with Crippen LogP contribution in [-0.4, -0.2) is 19.6 Å². The average molecular weight is 327 g/mol. The summed E-state index contributed by atoms with van der Waals surface area (Å²) in [6, 6.07) is 15.4. The second kappa shape index (κ2) is 9.73. The number of unbranched alkanes of at least 4 members (excludes halogenated alkanes) is 1. The summed E-state index contributed by atoms with van der Waals surface area (Å²) in [7, 11) is 1.62. The standard InChI is InChI=1S/C20H25NO3/c1-3-4-12-21-20(22)17-10-11-19(23-2)18(13-17)15-24-14-16-8-6-5-7-9-16/h5-11,13H,3-4,12,14-15H2,1-2H3,(H,21,22).